The highest BCUT2D eigenvalue weighted by Crippen LogP contribution is 2.31. The van der Waals surface area contributed by atoms with Crippen LogP contribution in [0.1, 0.15) is 15.9 Å². The molecule has 2 aliphatic rings. The molecule has 2 saturated heterocycles. The Kier molecular flexibility index (Phi) is 4.26. The molecule has 0 aliphatic carbocycles. The van der Waals surface area contributed by atoms with Crippen molar-refractivity contribution < 1.29 is 28.9 Å². The van der Waals surface area contributed by atoms with Crippen LogP contribution in [-0.2, 0) is 19.0 Å². The Morgan fingerprint density at radius 1 is 1.22 bits per heavy atom. The van der Waals surface area contributed by atoms with Gasteiger partial charge in [-0.05, 0) is 17.7 Å². The van der Waals surface area contributed by atoms with E-state index >= 15 is 0 Å². The fourth-order valence-corrected chi connectivity index (χ4v) is 2.69. The maximum Gasteiger partial charge on any atom is 0.338 e. The molecule has 2 heterocycles. The van der Waals surface area contributed by atoms with Crippen LogP contribution in [0.15, 0.2) is 30.8 Å². The van der Waals surface area contributed by atoms with Crippen LogP contribution in [0, 0.1) is 10.1 Å². The van der Waals surface area contributed by atoms with Gasteiger partial charge in [-0.2, -0.15) is 0 Å². The Balaban J connectivity index is 1.61. The number of hydrogen-bond acceptors (Lipinski definition) is 7. The Morgan fingerprint density at radius 2 is 1.83 bits per heavy atom. The van der Waals surface area contributed by atoms with Crippen molar-refractivity contribution in [3.8, 4) is 0 Å². The lowest BCUT2D eigenvalue weighted by atomic mass is 10.1. The van der Waals surface area contributed by atoms with Crippen molar-refractivity contribution in [3.05, 3.63) is 52.1 Å². The third-order valence-electron chi connectivity index (χ3n) is 3.82. The van der Waals surface area contributed by atoms with Crippen LogP contribution in [0.3, 0.4) is 0 Å². The van der Waals surface area contributed by atoms with E-state index in [1.807, 2.05) is 0 Å². The van der Waals surface area contributed by atoms with Crippen LogP contribution in [0.5, 0.6) is 0 Å². The van der Waals surface area contributed by atoms with Gasteiger partial charge >= 0.3 is 5.97 Å². The summed E-state index contributed by atoms with van der Waals surface area (Å²) in [5.74, 6) is -0.503. The van der Waals surface area contributed by atoms with Gasteiger partial charge in [0.25, 0.3) is 5.09 Å². The molecule has 0 amide bonds. The van der Waals surface area contributed by atoms with Gasteiger partial charge in [-0.15, -0.1) is 10.1 Å². The van der Waals surface area contributed by atoms with E-state index in [9.17, 15) is 14.9 Å². The summed E-state index contributed by atoms with van der Waals surface area (Å²) < 4.78 is 16.3. The van der Waals surface area contributed by atoms with Gasteiger partial charge in [-0.3, -0.25) is 0 Å². The molecular weight excluding hydrogens is 306 g/mol. The molecule has 0 N–H and O–H groups in total. The molecule has 0 radical (unpaired) electrons. The smallest absolute Gasteiger partial charge is 0.338 e. The van der Waals surface area contributed by atoms with Crippen LogP contribution < -0.4 is 0 Å². The van der Waals surface area contributed by atoms with Gasteiger partial charge in [-0.1, -0.05) is 24.8 Å². The summed E-state index contributed by atoms with van der Waals surface area (Å²) in [5.41, 5.74) is 1.29. The first kappa shape index (κ1) is 15.4. The molecule has 0 saturated carbocycles. The van der Waals surface area contributed by atoms with Gasteiger partial charge in [0.1, 0.15) is 12.2 Å². The number of carbonyl (C=O) groups excluding carboxylic acids is 1. The fourth-order valence-electron chi connectivity index (χ4n) is 2.69. The highest BCUT2D eigenvalue weighted by molar-refractivity contribution is 5.89. The average molecular weight is 321 g/mol. The minimum absolute atomic E-state index is 0.0262. The lowest BCUT2D eigenvalue weighted by molar-refractivity contribution is -0.769. The minimum Gasteiger partial charge on any atom is -0.453 e. The highest BCUT2D eigenvalue weighted by atomic mass is 17.0. The van der Waals surface area contributed by atoms with Crippen molar-refractivity contribution in [1.82, 2.24) is 0 Å². The Bertz CT molecular complexity index is 615. The van der Waals surface area contributed by atoms with Gasteiger partial charge in [-0.25, -0.2) is 4.79 Å². The molecule has 2 fully saturated rings. The van der Waals surface area contributed by atoms with Crippen LogP contribution >= 0.6 is 0 Å². The zero-order chi connectivity index (χ0) is 16.4. The van der Waals surface area contributed by atoms with Gasteiger partial charge in [0, 0.05) is 0 Å². The monoisotopic (exact) mass is 321 g/mol. The standard InChI is InChI=1S/C15H15NO7/c1-2-9-3-5-10(6-4-9)15(17)22-11-7-20-14-12(23-16(18)19)8-21-13(11)14/h2-6,11-14H,1,7-8H2. The summed E-state index contributed by atoms with van der Waals surface area (Å²) in [6, 6.07) is 6.79. The molecule has 8 nitrogen and oxygen atoms in total. The number of ether oxygens (including phenoxy) is 3. The quantitative estimate of drug-likeness (QED) is 0.457. The number of esters is 1. The SMILES string of the molecule is C=Cc1ccc(C(=O)OC2COC3C(O[N+](=O)[O-])COC23)cc1. The van der Waals surface area contributed by atoms with Gasteiger partial charge < -0.3 is 19.0 Å². The van der Waals surface area contributed by atoms with E-state index in [-0.39, 0.29) is 13.2 Å². The van der Waals surface area contributed by atoms with E-state index < -0.39 is 35.5 Å². The third-order valence-corrected chi connectivity index (χ3v) is 3.82. The van der Waals surface area contributed by atoms with Crippen molar-refractivity contribution in [1.29, 1.82) is 0 Å². The molecular formula is C15H15NO7. The number of rotatable bonds is 5. The number of carbonyl (C=O) groups is 1. The summed E-state index contributed by atoms with van der Waals surface area (Å²) in [6.07, 6.45) is -0.915. The maximum atomic E-state index is 12.1. The lowest BCUT2D eigenvalue weighted by Crippen LogP contribution is -2.35. The second kappa shape index (κ2) is 6.35. The summed E-state index contributed by atoms with van der Waals surface area (Å²) >= 11 is 0. The summed E-state index contributed by atoms with van der Waals surface area (Å²) in [7, 11) is 0. The van der Waals surface area contributed by atoms with Crippen molar-refractivity contribution in [2.75, 3.05) is 13.2 Å². The van der Waals surface area contributed by atoms with Crippen molar-refractivity contribution in [2.24, 2.45) is 0 Å². The van der Waals surface area contributed by atoms with Crippen molar-refractivity contribution in [2.45, 2.75) is 24.4 Å². The lowest BCUT2D eigenvalue weighted by Gasteiger charge is -2.16. The molecule has 1 aromatic carbocycles. The molecule has 3 rings (SSSR count). The Morgan fingerprint density at radius 3 is 2.43 bits per heavy atom. The first-order chi connectivity index (χ1) is 11.1. The van der Waals surface area contributed by atoms with Gasteiger partial charge in [0.2, 0.25) is 0 Å². The van der Waals surface area contributed by atoms with E-state index in [4.69, 9.17) is 14.2 Å². The molecule has 4 unspecified atom stereocenters. The van der Waals surface area contributed by atoms with E-state index in [1.54, 1.807) is 30.3 Å². The number of benzene rings is 1. The molecule has 0 aromatic heterocycles. The Labute approximate surface area is 131 Å². The highest BCUT2D eigenvalue weighted by Gasteiger charge is 2.51. The van der Waals surface area contributed by atoms with E-state index in [1.165, 1.54) is 0 Å². The zero-order valence-electron chi connectivity index (χ0n) is 12.1. The topological polar surface area (TPSA) is 97.1 Å². The maximum absolute atomic E-state index is 12.1. The van der Waals surface area contributed by atoms with E-state index in [2.05, 4.69) is 11.4 Å². The number of nitrogens with zero attached hydrogens (tertiary/aromatic N) is 1. The van der Waals surface area contributed by atoms with E-state index in [0.717, 1.165) is 5.56 Å². The van der Waals surface area contributed by atoms with Crippen LogP contribution in [0.4, 0.5) is 0 Å². The second-order valence-corrected chi connectivity index (χ2v) is 5.23. The number of fused-ring (bicyclic) bond motifs is 1. The van der Waals surface area contributed by atoms with Crippen molar-refractivity contribution in [3.63, 3.8) is 0 Å². The molecule has 8 heteroatoms. The normalized spacial score (nSPS) is 28.9. The first-order valence-corrected chi connectivity index (χ1v) is 7.06. The fraction of sp³-hybridized carbons (Fsp3) is 0.400. The van der Waals surface area contributed by atoms with E-state index in [0.29, 0.717) is 5.56 Å². The van der Waals surface area contributed by atoms with Crippen LogP contribution in [0.2, 0.25) is 0 Å². The van der Waals surface area contributed by atoms with Crippen molar-refractivity contribution >= 4 is 12.0 Å². The molecule has 1 aromatic rings. The second-order valence-electron chi connectivity index (χ2n) is 5.23. The molecule has 0 spiro atoms. The summed E-state index contributed by atoms with van der Waals surface area (Å²) in [6.45, 7) is 3.78. The molecule has 4 atom stereocenters. The summed E-state index contributed by atoms with van der Waals surface area (Å²) in [5, 5.41) is 9.55. The van der Waals surface area contributed by atoms with Gasteiger partial charge in [0.15, 0.2) is 12.2 Å². The molecule has 0 bridgehead atoms. The third kappa shape index (κ3) is 3.17. The van der Waals surface area contributed by atoms with Crippen LogP contribution in [0.25, 0.3) is 6.08 Å². The molecule has 2 aliphatic heterocycles. The molecule has 122 valence electrons. The first-order valence-electron chi connectivity index (χ1n) is 7.06. The largest absolute Gasteiger partial charge is 0.453 e. The molecule has 23 heavy (non-hydrogen) atoms. The predicted molar refractivity (Wildman–Crippen MR) is 77.1 cm³/mol. The van der Waals surface area contributed by atoms with Gasteiger partial charge in [0.05, 0.1) is 18.8 Å². The number of hydrogen-bond donors (Lipinski definition) is 0. The summed E-state index contributed by atoms with van der Waals surface area (Å²) in [4.78, 5) is 27.1. The predicted octanol–water partition coefficient (Wildman–Crippen LogP) is 1.23. The van der Waals surface area contributed by atoms with Crippen LogP contribution in [-0.4, -0.2) is 48.7 Å². The minimum atomic E-state index is -0.875. The Hall–Kier alpha value is -2.45. The average Bonchev–Trinajstić information content (AvgIpc) is 3.11. The zero-order valence-corrected chi connectivity index (χ0v) is 12.1.